The molecule has 1 fully saturated rings. The van der Waals surface area contributed by atoms with Crippen molar-refractivity contribution in [2.75, 3.05) is 13.7 Å². The number of benzene rings is 1. The number of hydrogen-bond donors (Lipinski definition) is 1. The molecule has 3 rings (SSSR count). The van der Waals surface area contributed by atoms with Crippen molar-refractivity contribution >= 4 is 23.7 Å². The topological polar surface area (TPSA) is 89.0 Å². The normalized spacial score (nSPS) is 19.2. The first kappa shape index (κ1) is 18.0. The van der Waals surface area contributed by atoms with Gasteiger partial charge in [0.15, 0.2) is 0 Å². The van der Waals surface area contributed by atoms with Gasteiger partial charge in [0.05, 0.1) is 19.3 Å². The lowest BCUT2D eigenvalue weighted by Crippen LogP contribution is -2.40. The Hall–Kier alpha value is -2.80. The van der Waals surface area contributed by atoms with Crippen LogP contribution >= 0.6 is 11.6 Å². The number of rotatable bonds is 4. The maximum Gasteiger partial charge on any atom is 0.408 e. The Morgan fingerprint density at radius 3 is 2.65 bits per heavy atom. The summed E-state index contributed by atoms with van der Waals surface area (Å²) in [7, 11) is 1.23. The number of halogens is 1. The molecule has 0 bridgehead atoms. The molecule has 0 saturated carbocycles. The summed E-state index contributed by atoms with van der Waals surface area (Å²) < 4.78 is 10.6. The second kappa shape index (κ2) is 7.61. The fourth-order valence-electron chi connectivity index (χ4n) is 2.94. The van der Waals surface area contributed by atoms with Crippen LogP contribution < -0.4 is 4.74 Å². The average molecular weight is 377 g/mol. The number of methoxy groups -OCH3 is 1. The summed E-state index contributed by atoms with van der Waals surface area (Å²) in [5, 5.41) is 9.54. The van der Waals surface area contributed by atoms with Crippen LogP contribution in [-0.2, 0) is 9.53 Å². The molecule has 0 radical (unpaired) electrons. The quantitative estimate of drug-likeness (QED) is 0.651. The van der Waals surface area contributed by atoms with Gasteiger partial charge in [0.1, 0.15) is 23.0 Å². The number of carbonyl (C=O) groups excluding carboxylic acids is 1. The standard InChI is InChI=1S/C18H17ClN2O5/c1-25-17(22)15-8-13(10-21(15)18(23)24)26-12-7-14(20-16(19)9-12)11-5-3-2-4-6-11/h2-7,9,13,15H,8,10H2,1H3,(H,23,24)/t13?,15-/m0/s1. The highest BCUT2D eigenvalue weighted by Crippen LogP contribution is 2.29. The third kappa shape index (κ3) is 3.88. The number of carbonyl (C=O) groups is 2. The number of nitrogens with zero attached hydrogens (tertiary/aromatic N) is 2. The number of likely N-dealkylation sites (tertiary alicyclic amines) is 1. The molecular formula is C18H17ClN2O5. The lowest BCUT2D eigenvalue weighted by molar-refractivity contribution is -0.145. The summed E-state index contributed by atoms with van der Waals surface area (Å²) >= 11 is 6.10. The van der Waals surface area contributed by atoms with Crippen molar-refractivity contribution < 1.29 is 24.2 Å². The predicted molar refractivity (Wildman–Crippen MR) is 94.3 cm³/mol. The van der Waals surface area contributed by atoms with Crippen molar-refractivity contribution in [2.45, 2.75) is 18.6 Å². The van der Waals surface area contributed by atoms with Gasteiger partial charge < -0.3 is 14.6 Å². The van der Waals surface area contributed by atoms with Gasteiger partial charge in [0, 0.05) is 24.1 Å². The molecule has 1 aromatic heterocycles. The van der Waals surface area contributed by atoms with Crippen LogP contribution in [-0.4, -0.2) is 52.9 Å². The third-order valence-electron chi connectivity index (χ3n) is 4.12. The lowest BCUT2D eigenvalue weighted by Gasteiger charge is -2.18. The molecular weight excluding hydrogens is 360 g/mol. The Morgan fingerprint density at radius 1 is 1.27 bits per heavy atom. The first-order valence-electron chi connectivity index (χ1n) is 7.95. The summed E-state index contributed by atoms with van der Waals surface area (Å²) in [5.74, 6) is -0.138. The fraction of sp³-hybridized carbons (Fsp3) is 0.278. The lowest BCUT2D eigenvalue weighted by atomic mass is 10.1. The molecule has 2 atom stereocenters. The highest BCUT2D eigenvalue weighted by atomic mass is 35.5. The van der Waals surface area contributed by atoms with E-state index in [0.717, 1.165) is 10.5 Å². The Balaban J connectivity index is 1.80. The summed E-state index contributed by atoms with van der Waals surface area (Å²) in [5.41, 5.74) is 1.52. The molecule has 1 aromatic carbocycles. The van der Waals surface area contributed by atoms with Crippen molar-refractivity contribution in [1.82, 2.24) is 9.88 Å². The highest BCUT2D eigenvalue weighted by Gasteiger charge is 2.41. The Kier molecular flexibility index (Phi) is 5.27. The van der Waals surface area contributed by atoms with Gasteiger partial charge in [-0.05, 0) is 0 Å². The molecule has 2 heterocycles. The van der Waals surface area contributed by atoms with Crippen LogP contribution in [0.25, 0.3) is 11.3 Å². The second-order valence-corrected chi connectivity index (χ2v) is 6.21. The molecule has 26 heavy (non-hydrogen) atoms. The van der Waals surface area contributed by atoms with E-state index in [2.05, 4.69) is 9.72 Å². The van der Waals surface area contributed by atoms with Gasteiger partial charge in [-0.1, -0.05) is 41.9 Å². The van der Waals surface area contributed by atoms with Gasteiger partial charge in [0.2, 0.25) is 0 Å². The Bertz CT molecular complexity index is 814. The SMILES string of the molecule is COC(=O)[C@@H]1CC(Oc2cc(Cl)nc(-c3ccccc3)c2)CN1C(=O)O. The first-order valence-corrected chi connectivity index (χ1v) is 8.33. The summed E-state index contributed by atoms with van der Waals surface area (Å²) in [6.07, 6.45) is -1.47. The molecule has 1 unspecified atom stereocenters. The van der Waals surface area contributed by atoms with Crippen molar-refractivity contribution in [3.8, 4) is 17.0 Å². The van der Waals surface area contributed by atoms with E-state index in [1.54, 1.807) is 12.1 Å². The van der Waals surface area contributed by atoms with Gasteiger partial charge >= 0.3 is 12.1 Å². The van der Waals surface area contributed by atoms with Crippen molar-refractivity contribution in [3.63, 3.8) is 0 Å². The molecule has 0 aliphatic carbocycles. The van der Waals surface area contributed by atoms with Gasteiger partial charge in [-0.2, -0.15) is 0 Å². The predicted octanol–water partition coefficient (Wildman–Crippen LogP) is 3.07. The molecule has 7 nitrogen and oxygen atoms in total. The number of hydrogen-bond acceptors (Lipinski definition) is 5. The zero-order valence-electron chi connectivity index (χ0n) is 14.0. The van der Waals surface area contributed by atoms with Crippen LogP contribution in [0.5, 0.6) is 5.75 Å². The minimum Gasteiger partial charge on any atom is -0.488 e. The summed E-state index contributed by atoms with van der Waals surface area (Å²) in [6, 6.07) is 11.9. The van der Waals surface area contributed by atoms with Crippen molar-refractivity contribution in [1.29, 1.82) is 0 Å². The number of aromatic nitrogens is 1. The molecule has 1 aliphatic rings. The second-order valence-electron chi connectivity index (χ2n) is 5.83. The maximum absolute atomic E-state index is 11.8. The number of esters is 1. The van der Waals surface area contributed by atoms with Crippen LogP contribution in [0.3, 0.4) is 0 Å². The van der Waals surface area contributed by atoms with Crippen LogP contribution in [0.4, 0.5) is 4.79 Å². The van der Waals surface area contributed by atoms with E-state index in [1.807, 2.05) is 30.3 Å². The average Bonchev–Trinajstić information content (AvgIpc) is 3.05. The summed E-state index contributed by atoms with van der Waals surface area (Å²) in [6.45, 7) is 0.0652. The number of ether oxygens (including phenoxy) is 2. The van der Waals surface area contributed by atoms with Gasteiger partial charge in [-0.3, -0.25) is 4.90 Å². The van der Waals surface area contributed by atoms with Crippen molar-refractivity contribution in [3.05, 3.63) is 47.6 Å². The van der Waals surface area contributed by atoms with E-state index in [4.69, 9.17) is 16.3 Å². The van der Waals surface area contributed by atoms with Crippen LogP contribution in [0.1, 0.15) is 6.42 Å². The van der Waals surface area contributed by atoms with Crippen molar-refractivity contribution in [2.24, 2.45) is 0 Å². The number of pyridine rings is 1. The van der Waals surface area contributed by atoms with E-state index < -0.39 is 24.2 Å². The molecule has 1 saturated heterocycles. The Labute approximate surface area is 155 Å². The first-order chi connectivity index (χ1) is 12.5. The zero-order chi connectivity index (χ0) is 18.7. The van der Waals surface area contributed by atoms with Gasteiger partial charge in [0.25, 0.3) is 0 Å². The van der Waals surface area contributed by atoms with E-state index in [0.29, 0.717) is 11.4 Å². The number of amides is 1. The molecule has 1 amide bonds. The number of carboxylic acid groups (broad SMARTS) is 1. The van der Waals surface area contributed by atoms with E-state index in [1.165, 1.54) is 7.11 Å². The molecule has 0 spiro atoms. The maximum atomic E-state index is 11.8. The van der Waals surface area contributed by atoms with E-state index >= 15 is 0 Å². The minimum absolute atomic E-state index is 0.0652. The van der Waals surface area contributed by atoms with E-state index in [9.17, 15) is 14.7 Å². The minimum atomic E-state index is -1.19. The molecule has 1 N–H and O–H groups in total. The largest absolute Gasteiger partial charge is 0.488 e. The highest BCUT2D eigenvalue weighted by molar-refractivity contribution is 6.29. The monoisotopic (exact) mass is 376 g/mol. The third-order valence-corrected chi connectivity index (χ3v) is 4.32. The van der Waals surface area contributed by atoms with Crippen LogP contribution in [0.15, 0.2) is 42.5 Å². The summed E-state index contributed by atoms with van der Waals surface area (Å²) in [4.78, 5) is 28.5. The smallest absolute Gasteiger partial charge is 0.408 e. The molecule has 1 aliphatic heterocycles. The molecule has 136 valence electrons. The van der Waals surface area contributed by atoms with Gasteiger partial charge in [-0.25, -0.2) is 14.6 Å². The van der Waals surface area contributed by atoms with Crippen LogP contribution in [0.2, 0.25) is 5.15 Å². The fourth-order valence-corrected chi connectivity index (χ4v) is 3.14. The zero-order valence-corrected chi connectivity index (χ0v) is 14.7. The Morgan fingerprint density at radius 2 is 2.00 bits per heavy atom. The van der Waals surface area contributed by atoms with E-state index in [-0.39, 0.29) is 18.1 Å². The van der Waals surface area contributed by atoms with Crippen LogP contribution in [0, 0.1) is 0 Å². The molecule has 2 aromatic rings. The van der Waals surface area contributed by atoms with Gasteiger partial charge in [-0.15, -0.1) is 0 Å². The molecule has 8 heteroatoms.